The number of nitrogens with zero attached hydrogens (tertiary/aromatic N) is 3. The molecule has 0 unspecified atom stereocenters. The van der Waals surface area contributed by atoms with E-state index < -0.39 is 0 Å². The van der Waals surface area contributed by atoms with Crippen molar-refractivity contribution in [2.24, 2.45) is 0 Å². The van der Waals surface area contributed by atoms with E-state index in [2.05, 4.69) is 14.6 Å². The zero-order valence-corrected chi connectivity index (χ0v) is 10.6. The third-order valence-electron chi connectivity index (χ3n) is 2.38. The topological polar surface area (TPSA) is 55.7 Å². The smallest absolute Gasteiger partial charge is 0.182 e. The third-order valence-corrected chi connectivity index (χ3v) is 3.16. The van der Waals surface area contributed by atoms with Crippen molar-refractivity contribution in [3.63, 3.8) is 0 Å². The fourth-order valence-corrected chi connectivity index (χ4v) is 2.27. The molecule has 2 aromatic heterocycles. The van der Waals surface area contributed by atoms with E-state index >= 15 is 0 Å². The normalized spacial score (nSPS) is 10.8. The minimum Gasteiger partial charge on any atom is -0.293 e. The van der Waals surface area contributed by atoms with Gasteiger partial charge in [-0.2, -0.15) is 0 Å². The summed E-state index contributed by atoms with van der Waals surface area (Å²) in [6.07, 6.45) is 2.00. The van der Waals surface area contributed by atoms with Gasteiger partial charge in [0.1, 0.15) is 4.88 Å². The fraction of sp³-hybridized carbons (Fsp3) is 0.333. The number of pyridine rings is 1. The molecule has 0 aliphatic heterocycles. The van der Waals surface area contributed by atoms with Crippen LogP contribution in [0.4, 0.5) is 0 Å². The molecule has 2 heterocycles. The van der Waals surface area contributed by atoms with Crippen LogP contribution in [0.15, 0.2) is 24.4 Å². The highest BCUT2D eigenvalue weighted by atomic mass is 32.1. The van der Waals surface area contributed by atoms with Gasteiger partial charge in [0.25, 0.3) is 0 Å². The summed E-state index contributed by atoms with van der Waals surface area (Å²) in [6.45, 7) is 4.02. The number of hydrogen-bond donors (Lipinski definition) is 0. The lowest BCUT2D eigenvalue weighted by atomic mass is 10.1. The van der Waals surface area contributed by atoms with Gasteiger partial charge < -0.3 is 0 Å². The van der Waals surface area contributed by atoms with Crippen molar-refractivity contribution in [1.82, 2.24) is 14.6 Å². The summed E-state index contributed by atoms with van der Waals surface area (Å²) in [5, 5.41) is 4.01. The van der Waals surface area contributed by atoms with Gasteiger partial charge in [0.15, 0.2) is 5.78 Å². The summed E-state index contributed by atoms with van der Waals surface area (Å²) in [4.78, 5) is 16.9. The molecule has 0 fully saturated rings. The molecule has 4 nitrogen and oxygen atoms in total. The highest BCUT2D eigenvalue weighted by Gasteiger charge is 2.18. The molecule has 0 amide bonds. The van der Waals surface area contributed by atoms with Crippen LogP contribution in [0.1, 0.15) is 40.8 Å². The van der Waals surface area contributed by atoms with Gasteiger partial charge in [0.2, 0.25) is 0 Å². The maximum atomic E-state index is 12.1. The largest absolute Gasteiger partial charge is 0.293 e. The molecule has 0 saturated heterocycles. The predicted molar refractivity (Wildman–Crippen MR) is 66.3 cm³/mol. The van der Waals surface area contributed by atoms with Crippen molar-refractivity contribution >= 4 is 17.3 Å². The Morgan fingerprint density at radius 1 is 1.41 bits per heavy atom. The number of aromatic nitrogens is 3. The molecular weight excluding hydrogens is 234 g/mol. The maximum Gasteiger partial charge on any atom is 0.182 e. The van der Waals surface area contributed by atoms with Crippen molar-refractivity contribution < 1.29 is 4.79 Å². The monoisotopic (exact) mass is 247 g/mol. The van der Waals surface area contributed by atoms with Crippen LogP contribution in [0.3, 0.4) is 0 Å². The molecule has 0 saturated carbocycles. The van der Waals surface area contributed by atoms with Crippen LogP contribution in [-0.2, 0) is 6.42 Å². The molecule has 2 rings (SSSR count). The average Bonchev–Trinajstić information content (AvgIpc) is 2.79. The van der Waals surface area contributed by atoms with Gasteiger partial charge in [-0.3, -0.25) is 9.78 Å². The highest BCUT2D eigenvalue weighted by Crippen LogP contribution is 2.21. The number of Topliss-reactive ketones (excluding diaryl/α,β-unsaturated/α-hetero) is 1. The van der Waals surface area contributed by atoms with Crippen molar-refractivity contribution in [1.29, 1.82) is 0 Å². The third kappa shape index (κ3) is 2.74. The van der Waals surface area contributed by atoms with Crippen molar-refractivity contribution in [2.45, 2.75) is 26.2 Å². The Morgan fingerprint density at radius 3 is 2.88 bits per heavy atom. The lowest BCUT2D eigenvalue weighted by Crippen LogP contribution is -2.06. The second kappa shape index (κ2) is 5.14. The van der Waals surface area contributed by atoms with Crippen LogP contribution >= 0.6 is 11.5 Å². The summed E-state index contributed by atoms with van der Waals surface area (Å²) in [5.74, 6) is 0.263. The quantitative estimate of drug-likeness (QED) is 0.779. The number of rotatable bonds is 4. The van der Waals surface area contributed by atoms with Gasteiger partial charge in [-0.05, 0) is 29.6 Å². The summed E-state index contributed by atoms with van der Waals surface area (Å²) in [5.41, 5.74) is 1.57. The molecule has 2 aromatic rings. The van der Waals surface area contributed by atoms with E-state index in [0.29, 0.717) is 11.3 Å². The first kappa shape index (κ1) is 11.9. The van der Waals surface area contributed by atoms with Gasteiger partial charge in [0.05, 0.1) is 12.1 Å². The SMILES string of the molecule is CC(C)c1nnsc1C(=O)Cc1ccccn1. The Labute approximate surface area is 104 Å². The number of carbonyl (C=O) groups excluding carboxylic acids is 1. The van der Waals surface area contributed by atoms with E-state index in [1.807, 2.05) is 32.0 Å². The Bertz CT molecular complexity index is 507. The zero-order valence-electron chi connectivity index (χ0n) is 9.75. The van der Waals surface area contributed by atoms with Crippen LogP contribution in [-0.4, -0.2) is 20.4 Å². The van der Waals surface area contributed by atoms with E-state index in [9.17, 15) is 4.79 Å². The van der Waals surface area contributed by atoms with E-state index in [1.54, 1.807) is 6.20 Å². The number of hydrogen-bond acceptors (Lipinski definition) is 5. The molecule has 0 N–H and O–H groups in total. The molecule has 17 heavy (non-hydrogen) atoms. The van der Waals surface area contributed by atoms with E-state index in [-0.39, 0.29) is 11.7 Å². The Kier molecular flexibility index (Phi) is 3.58. The first-order chi connectivity index (χ1) is 8.18. The first-order valence-corrected chi connectivity index (χ1v) is 6.21. The second-order valence-electron chi connectivity index (χ2n) is 4.06. The Balaban J connectivity index is 2.18. The molecule has 0 aliphatic rings. The molecule has 0 aliphatic carbocycles. The van der Waals surface area contributed by atoms with Crippen LogP contribution in [0.2, 0.25) is 0 Å². The van der Waals surface area contributed by atoms with Gasteiger partial charge in [-0.15, -0.1) is 5.10 Å². The zero-order chi connectivity index (χ0) is 12.3. The molecule has 0 atom stereocenters. The molecule has 0 radical (unpaired) electrons. The molecule has 0 bridgehead atoms. The van der Waals surface area contributed by atoms with Crippen molar-refractivity contribution in [3.05, 3.63) is 40.7 Å². The molecule has 0 spiro atoms. The lowest BCUT2D eigenvalue weighted by Gasteiger charge is -2.02. The number of ketones is 1. The van der Waals surface area contributed by atoms with Gasteiger partial charge in [-0.1, -0.05) is 24.4 Å². The van der Waals surface area contributed by atoms with E-state index in [4.69, 9.17) is 0 Å². The van der Waals surface area contributed by atoms with Gasteiger partial charge >= 0.3 is 0 Å². The highest BCUT2D eigenvalue weighted by molar-refractivity contribution is 7.08. The second-order valence-corrected chi connectivity index (χ2v) is 4.82. The molecular formula is C12H13N3OS. The van der Waals surface area contributed by atoms with Crippen molar-refractivity contribution in [2.75, 3.05) is 0 Å². The van der Waals surface area contributed by atoms with Crippen LogP contribution in [0, 0.1) is 0 Å². The fourth-order valence-electron chi connectivity index (χ4n) is 1.52. The maximum absolute atomic E-state index is 12.1. The van der Waals surface area contributed by atoms with E-state index in [0.717, 1.165) is 11.4 Å². The Morgan fingerprint density at radius 2 is 2.24 bits per heavy atom. The Hall–Kier alpha value is -1.62. The first-order valence-electron chi connectivity index (χ1n) is 5.44. The molecule has 5 heteroatoms. The molecule has 88 valence electrons. The summed E-state index contributed by atoms with van der Waals surface area (Å²) < 4.78 is 3.86. The van der Waals surface area contributed by atoms with Crippen LogP contribution in [0.25, 0.3) is 0 Å². The van der Waals surface area contributed by atoms with Crippen molar-refractivity contribution in [3.8, 4) is 0 Å². The average molecular weight is 247 g/mol. The lowest BCUT2D eigenvalue weighted by molar-refractivity contribution is 0.0994. The van der Waals surface area contributed by atoms with E-state index in [1.165, 1.54) is 11.5 Å². The minimum absolute atomic E-state index is 0.0439. The standard InChI is InChI=1S/C12H13N3OS/c1-8(2)11-12(17-15-14-11)10(16)7-9-5-3-4-6-13-9/h3-6,8H,7H2,1-2H3. The number of carbonyl (C=O) groups is 1. The van der Waals surface area contributed by atoms with Crippen LogP contribution in [0.5, 0.6) is 0 Å². The van der Waals surface area contributed by atoms with Gasteiger partial charge in [0, 0.05) is 11.9 Å². The molecule has 0 aromatic carbocycles. The predicted octanol–water partition coefficient (Wildman–Crippen LogP) is 2.48. The minimum atomic E-state index is 0.0439. The summed E-state index contributed by atoms with van der Waals surface area (Å²) in [6, 6.07) is 5.56. The van der Waals surface area contributed by atoms with Gasteiger partial charge in [-0.25, -0.2) is 0 Å². The summed E-state index contributed by atoms with van der Waals surface area (Å²) in [7, 11) is 0. The van der Waals surface area contributed by atoms with Crippen LogP contribution < -0.4 is 0 Å². The summed E-state index contributed by atoms with van der Waals surface area (Å²) >= 11 is 1.17.